The van der Waals surface area contributed by atoms with E-state index in [1.165, 1.54) is 11.1 Å². The number of nitrogens with one attached hydrogen (secondary N) is 3. The van der Waals surface area contributed by atoms with Crippen LogP contribution in [0.2, 0.25) is 0 Å². The monoisotopic (exact) mass is 328 g/mol. The molecule has 1 atom stereocenters. The maximum absolute atomic E-state index is 3.66. The number of allylic oxidation sites excluding steroid dienone is 1. The predicted octanol–water partition coefficient (Wildman–Crippen LogP) is 1.92. The van der Waals surface area contributed by atoms with Gasteiger partial charge in [-0.25, -0.2) is 0 Å². The molecule has 0 aliphatic carbocycles. The second kappa shape index (κ2) is 7.79. The van der Waals surface area contributed by atoms with Crippen LogP contribution in [-0.2, 0) is 0 Å². The van der Waals surface area contributed by atoms with E-state index in [1.54, 1.807) is 0 Å². The largest absolute Gasteiger partial charge is 0.314 e. The molecule has 1 aromatic carbocycles. The molecule has 0 saturated carbocycles. The molecule has 0 spiro atoms. The van der Waals surface area contributed by atoms with E-state index < -0.39 is 0 Å². The SMILES string of the molecule is C/C=C(/C(c1ccccc1)C1NCCN1)C(C)(C)N1CCNCC1. The Labute approximate surface area is 146 Å². The third kappa shape index (κ3) is 3.57. The lowest BCUT2D eigenvalue weighted by atomic mass is 9.77. The molecule has 132 valence electrons. The van der Waals surface area contributed by atoms with Crippen molar-refractivity contribution in [2.75, 3.05) is 39.3 Å². The second-order valence-corrected chi connectivity index (χ2v) is 7.31. The smallest absolute Gasteiger partial charge is 0.0682 e. The minimum absolute atomic E-state index is 0.0449. The van der Waals surface area contributed by atoms with Crippen LogP contribution in [0.4, 0.5) is 0 Å². The van der Waals surface area contributed by atoms with E-state index in [4.69, 9.17) is 0 Å². The second-order valence-electron chi connectivity index (χ2n) is 7.31. The Bertz CT molecular complexity index is 540. The van der Waals surface area contributed by atoms with Gasteiger partial charge in [0.2, 0.25) is 0 Å². The first-order valence-corrected chi connectivity index (χ1v) is 9.29. The summed E-state index contributed by atoms with van der Waals surface area (Å²) in [5, 5.41) is 10.8. The Morgan fingerprint density at radius 3 is 2.29 bits per heavy atom. The highest BCUT2D eigenvalue weighted by Crippen LogP contribution is 2.38. The van der Waals surface area contributed by atoms with Crippen molar-refractivity contribution in [1.29, 1.82) is 0 Å². The summed E-state index contributed by atoms with van der Waals surface area (Å²) in [7, 11) is 0. The highest BCUT2D eigenvalue weighted by atomic mass is 15.2. The van der Waals surface area contributed by atoms with Crippen LogP contribution < -0.4 is 16.0 Å². The molecule has 2 heterocycles. The molecule has 3 N–H and O–H groups in total. The van der Waals surface area contributed by atoms with Crippen LogP contribution in [0.5, 0.6) is 0 Å². The molecule has 2 saturated heterocycles. The quantitative estimate of drug-likeness (QED) is 0.722. The van der Waals surface area contributed by atoms with Crippen LogP contribution in [0.25, 0.3) is 0 Å². The standard InChI is InChI=1S/C20H32N4/c1-4-17(20(2,3)24-14-12-21-13-15-24)18(19-22-10-11-23-19)16-8-6-5-7-9-16/h4-9,18-19,21-23H,10-15H2,1-3H3/b17-4-. The van der Waals surface area contributed by atoms with Crippen LogP contribution in [0, 0.1) is 0 Å². The zero-order valence-electron chi connectivity index (χ0n) is 15.3. The molecular formula is C20H32N4. The van der Waals surface area contributed by atoms with Gasteiger partial charge in [0.25, 0.3) is 0 Å². The van der Waals surface area contributed by atoms with Crippen molar-refractivity contribution in [3.8, 4) is 0 Å². The van der Waals surface area contributed by atoms with Crippen molar-refractivity contribution < 1.29 is 0 Å². The van der Waals surface area contributed by atoms with E-state index in [9.17, 15) is 0 Å². The highest BCUT2D eigenvalue weighted by molar-refractivity contribution is 5.36. The Balaban J connectivity index is 1.94. The summed E-state index contributed by atoms with van der Waals surface area (Å²) in [6, 6.07) is 10.9. The van der Waals surface area contributed by atoms with E-state index >= 15 is 0 Å². The predicted molar refractivity (Wildman–Crippen MR) is 101 cm³/mol. The summed E-state index contributed by atoms with van der Waals surface area (Å²) in [6.07, 6.45) is 2.65. The van der Waals surface area contributed by atoms with E-state index in [0.717, 1.165) is 39.3 Å². The molecule has 1 aromatic rings. The summed E-state index contributed by atoms with van der Waals surface area (Å²) in [5.41, 5.74) is 2.94. The lowest BCUT2D eigenvalue weighted by molar-refractivity contribution is 0.124. The van der Waals surface area contributed by atoms with Gasteiger partial charge in [0.1, 0.15) is 0 Å². The molecule has 2 fully saturated rings. The van der Waals surface area contributed by atoms with Gasteiger partial charge in [0.05, 0.1) is 6.17 Å². The van der Waals surface area contributed by atoms with Gasteiger partial charge in [-0.2, -0.15) is 0 Å². The van der Waals surface area contributed by atoms with Gasteiger partial charge in [-0.1, -0.05) is 36.4 Å². The average molecular weight is 329 g/mol. The molecule has 4 nitrogen and oxygen atoms in total. The zero-order valence-corrected chi connectivity index (χ0v) is 15.3. The van der Waals surface area contributed by atoms with E-state index in [-0.39, 0.29) is 5.54 Å². The first-order valence-electron chi connectivity index (χ1n) is 9.29. The van der Waals surface area contributed by atoms with Gasteiger partial charge in [-0.15, -0.1) is 0 Å². The molecule has 2 aliphatic heterocycles. The maximum Gasteiger partial charge on any atom is 0.0682 e. The maximum atomic E-state index is 3.66. The fourth-order valence-corrected chi connectivity index (χ4v) is 4.29. The number of piperazine rings is 1. The van der Waals surface area contributed by atoms with Gasteiger partial charge in [0.15, 0.2) is 0 Å². The van der Waals surface area contributed by atoms with Crippen LogP contribution in [0.1, 0.15) is 32.3 Å². The van der Waals surface area contributed by atoms with Crippen LogP contribution in [-0.4, -0.2) is 55.9 Å². The summed E-state index contributed by atoms with van der Waals surface area (Å²) < 4.78 is 0. The lowest BCUT2D eigenvalue weighted by Crippen LogP contribution is -2.56. The number of rotatable bonds is 5. The summed E-state index contributed by atoms with van der Waals surface area (Å²) in [6.45, 7) is 13.4. The summed E-state index contributed by atoms with van der Waals surface area (Å²) in [5.74, 6) is 0.351. The van der Waals surface area contributed by atoms with Gasteiger partial charge < -0.3 is 5.32 Å². The fourth-order valence-electron chi connectivity index (χ4n) is 4.29. The van der Waals surface area contributed by atoms with Crippen LogP contribution >= 0.6 is 0 Å². The highest BCUT2D eigenvalue weighted by Gasteiger charge is 2.39. The number of hydrogen-bond donors (Lipinski definition) is 3. The third-order valence-electron chi connectivity index (χ3n) is 5.61. The van der Waals surface area contributed by atoms with Crippen molar-refractivity contribution in [2.45, 2.75) is 38.4 Å². The van der Waals surface area contributed by atoms with E-state index in [0.29, 0.717) is 12.1 Å². The molecule has 2 aliphatic rings. The number of hydrogen-bond acceptors (Lipinski definition) is 4. The Morgan fingerprint density at radius 1 is 1.08 bits per heavy atom. The van der Waals surface area contributed by atoms with Crippen LogP contribution in [0.15, 0.2) is 42.0 Å². The van der Waals surface area contributed by atoms with Crippen molar-refractivity contribution in [3.63, 3.8) is 0 Å². The molecule has 24 heavy (non-hydrogen) atoms. The Kier molecular flexibility index (Phi) is 5.72. The van der Waals surface area contributed by atoms with Crippen molar-refractivity contribution >= 4 is 0 Å². The van der Waals surface area contributed by atoms with Gasteiger partial charge in [-0.05, 0) is 31.9 Å². The molecule has 0 bridgehead atoms. The lowest BCUT2D eigenvalue weighted by Gasteiger charge is -2.46. The number of nitrogens with zero attached hydrogens (tertiary/aromatic N) is 1. The average Bonchev–Trinajstić information content (AvgIpc) is 3.15. The minimum Gasteiger partial charge on any atom is -0.314 e. The van der Waals surface area contributed by atoms with Gasteiger partial charge >= 0.3 is 0 Å². The molecule has 0 aromatic heterocycles. The molecule has 0 radical (unpaired) electrons. The van der Waals surface area contributed by atoms with E-state index in [1.807, 2.05) is 0 Å². The Morgan fingerprint density at radius 2 is 1.71 bits per heavy atom. The normalized spacial score (nSPS) is 22.7. The minimum atomic E-state index is 0.0449. The third-order valence-corrected chi connectivity index (χ3v) is 5.61. The number of benzene rings is 1. The van der Waals surface area contributed by atoms with Gasteiger partial charge in [-0.3, -0.25) is 15.5 Å². The molecule has 0 amide bonds. The zero-order chi connectivity index (χ0) is 17.0. The first kappa shape index (κ1) is 17.6. The molecule has 4 heteroatoms. The van der Waals surface area contributed by atoms with Crippen molar-refractivity contribution in [2.24, 2.45) is 0 Å². The molecular weight excluding hydrogens is 296 g/mol. The molecule has 1 unspecified atom stereocenters. The topological polar surface area (TPSA) is 39.3 Å². The van der Waals surface area contributed by atoms with Crippen LogP contribution in [0.3, 0.4) is 0 Å². The van der Waals surface area contributed by atoms with E-state index in [2.05, 4.69) is 78.0 Å². The first-order chi connectivity index (χ1) is 11.6. The molecule has 3 rings (SSSR count). The summed E-state index contributed by atoms with van der Waals surface area (Å²) in [4.78, 5) is 2.63. The van der Waals surface area contributed by atoms with Crippen molar-refractivity contribution in [1.82, 2.24) is 20.9 Å². The van der Waals surface area contributed by atoms with Crippen molar-refractivity contribution in [3.05, 3.63) is 47.5 Å². The summed E-state index contributed by atoms with van der Waals surface area (Å²) >= 11 is 0. The van der Waals surface area contributed by atoms with Gasteiger partial charge in [0, 0.05) is 50.7 Å². The Hall–Kier alpha value is -1.20. The fraction of sp³-hybridized carbons (Fsp3) is 0.600.